The van der Waals surface area contributed by atoms with Crippen molar-refractivity contribution in [1.29, 1.82) is 5.26 Å². The van der Waals surface area contributed by atoms with Crippen molar-refractivity contribution in [3.8, 4) is 17.6 Å². The molecule has 3 heterocycles. The van der Waals surface area contributed by atoms with E-state index in [0.29, 0.717) is 5.56 Å². The molecule has 0 bridgehead atoms. The van der Waals surface area contributed by atoms with E-state index in [-0.39, 0.29) is 35.2 Å². The fraction of sp³-hybridized carbons (Fsp3) is 0.261. The monoisotopic (exact) mass is 518 g/mol. The van der Waals surface area contributed by atoms with Crippen LogP contribution in [0.25, 0.3) is 0 Å². The van der Waals surface area contributed by atoms with Crippen LogP contribution in [0.4, 0.5) is 13.2 Å². The number of hydrogen-bond acceptors (Lipinski definition) is 7. The summed E-state index contributed by atoms with van der Waals surface area (Å²) in [6.07, 6.45) is -2.37. The summed E-state index contributed by atoms with van der Waals surface area (Å²) < 4.78 is 47.1. The van der Waals surface area contributed by atoms with Gasteiger partial charge in [-0.25, -0.2) is 10.4 Å². The molecule has 2 unspecified atom stereocenters. The molecule has 1 aliphatic heterocycles. The smallest absolute Gasteiger partial charge is 0.437 e. The van der Waals surface area contributed by atoms with E-state index >= 15 is 0 Å². The second-order valence-corrected chi connectivity index (χ2v) is 8.56. The van der Waals surface area contributed by atoms with E-state index in [2.05, 4.69) is 20.8 Å². The number of benzene rings is 1. The Balaban J connectivity index is 1.65. The lowest BCUT2D eigenvalue weighted by Gasteiger charge is -2.30. The summed E-state index contributed by atoms with van der Waals surface area (Å²) in [5, 5.41) is 9.13. The molecule has 2 aromatic heterocycles. The van der Waals surface area contributed by atoms with Gasteiger partial charge in [0.25, 0.3) is 5.56 Å². The summed E-state index contributed by atoms with van der Waals surface area (Å²) in [5.41, 5.74) is 4.17. The zero-order valence-corrected chi connectivity index (χ0v) is 19.4. The molecular weight excluding hydrogens is 501 g/mol. The molecule has 2 N–H and O–H groups in total. The Labute approximate surface area is 207 Å². The van der Waals surface area contributed by atoms with Gasteiger partial charge < -0.3 is 4.74 Å². The summed E-state index contributed by atoms with van der Waals surface area (Å²) in [7, 11) is 0. The van der Waals surface area contributed by atoms with Crippen LogP contribution in [-0.4, -0.2) is 26.5 Å². The van der Waals surface area contributed by atoms with E-state index in [1.807, 2.05) is 13.0 Å². The predicted octanol–water partition coefficient (Wildman–Crippen LogP) is 3.46. The third kappa shape index (κ3) is 5.48. The van der Waals surface area contributed by atoms with E-state index in [9.17, 15) is 22.8 Å². The van der Waals surface area contributed by atoms with Gasteiger partial charge in [0, 0.05) is 29.5 Å². The Morgan fingerprint density at radius 1 is 1.25 bits per heavy atom. The van der Waals surface area contributed by atoms with Crippen molar-refractivity contribution in [2.45, 2.75) is 38.0 Å². The molecule has 4 rings (SSSR count). The summed E-state index contributed by atoms with van der Waals surface area (Å²) in [6, 6.07) is 8.46. The number of amides is 1. The first kappa shape index (κ1) is 25.2. The van der Waals surface area contributed by atoms with Gasteiger partial charge in [-0.2, -0.15) is 18.4 Å². The summed E-state index contributed by atoms with van der Waals surface area (Å²) in [5.74, 6) is -2.16. The van der Waals surface area contributed by atoms with Crippen molar-refractivity contribution in [2.75, 3.05) is 0 Å². The van der Waals surface area contributed by atoms with Crippen LogP contribution in [-0.2, 0) is 17.5 Å². The maximum atomic E-state index is 13.6. The first-order valence-electron chi connectivity index (χ1n) is 10.6. The Kier molecular flexibility index (Phi) is 6.96. The van der Waals surface area contributed by atoms with Crippen molar-refractivity contribution in [1.82, 2.24) is 25.4 Å². The number of aromatic nitrogens is 3. The van der Waals surface area contributed by atoms with Gasteiger partial charge in [0.2, 0.25) is 11.7 Å². The van der Waals surface area contributed by atoms with Crippen LogP contribution in [0.15, 0.2) is 47.7 Å². The lowest BCUT2D eigenvalue weighted by molar-refractivity contribution is -0.142. The molecule has 2 atom stereocenters. The first-order chi connectivity index (χ1) is 17.0. The van der Waals surface area contributed by atoms with Gasteiger partial charge in [-0.05, 0) is 43.2 Å². The Morgan fingerprint density at radius 2 is 2.03 bits per heavy atom. The van der Waals surface area contributed by atoms with Crippen molar-refractivity contribution < 1.29 is 22.7 Å². The number of hydrazine groups is 1. The summed E-state index contributed by atoms with van der Waals surface area (Å²) in [6.45, 7) is 1.69. The number of halogens is 4. The molecule has 1 fully saturated rings. The van der Waals surface area contributed by atoms with Gasteiger partial charge in [-0.15, -0.1) is 0 Å². The van der Waals surface area contributed by atoms with E-state index in [1.54, 1.807) is 18.3 Å². The maximum absolute atomic E-state index is 13.6. The van der Waals surface area contributed by atoms with Crippen LogP contribution in [0.1, 0.15) is 34.9 Å². The van der Waals surface area contributed by atoms with Crippen LogP contribution in [0, 0.1) is 18.3 Å². The van der Waals surface area contributed by atoms with Crippen LogP contribution >= 0.6 is 11.6 Å². The Bertz CT molecular complexity index is 1400. The lowest BCUT2D eigenvalue weighted by Crippen LogP contribution is -2.54. The standard InChI is InChI=1S/C23H18ClF3N6O3/c1-12-2-3-14(9-29-12)18-7-16(31-32-21(18)34)10-33-11-30-20(23(25,26)27)19(22(33)35)36-17-5-13(8-28)4-15(24)6-17/h2-6,9,11,16,18,31H,7,10H2,1H3,(H,32,34). The molecule has 186 valence electrons. The maximum Gasteiger partial charge on any atom is 0.437 e. The van der Waals surface area contributed by atoms with Crippen LogP contribution in [0.2, 0.25) is 5.02 Å². The highest BCUT2D eigenvalue weighted by Gasteiger charge is 2.39. The number of nitrogens with one attached hydrogen (secondary N) is 2. The minimum atomic E-state index is -4.98. The topological polar surface area (TPSA) is 122 Å². The number of carbonyl (C=O) groups excluding carboxylic acids is 1. The third-order valence-electron chi connectivity index (χ3n) is 5.48. The molecule has 13 heteroatoms. The molecule has 0 aliphatic carbocycles. The van der Waals surface area contributed by atoms with Gasteiger partial charge in [-0.1, -0.05) is 17.7 Å². The number of nitriles is 1. The summed E-state index contributed by atoms with van der Waals surface area (Å²) in [4.78, 5) is 33.1. The van der Waals surface area contributed by atoms with E-state index in [1.165, 1.54) is 12.1 Å². The fourth-order valence-corrected chi connectivity index (χ4v) is 3.96. The van der Waals surface area contributed by atoms with Crippen molar-refractivity contribution in [2.24, 2.45) is 0 Å². The van der Waals surface area contributed by atoms with E-state index in [4.69, 9.17) is 21.6 Å². The van der Waals surface area contributed by atoms with Crippen LogP contribution in [0.3, 0.4) is 0 Å². The van der Waals surface area contributed by atoms with Crippen LogP contribution in [0.5, 0.6) is 11.5 Å². The average molecular weight is 519 g/mol. The number of alkyl halides is 3. The lowest BCUT2D eigenvalue weighted by atomic mass is 9.91. The van der Waals surface area contributed by atoms with E-state index in [0.717, 1.165) is 22.7 Å². The number of ether oxygens (including phenoxy) is 1. The highest BCUT2D eigenvalue weighted by molar-refractivity contribution is 6.30. The first-order valence-corrected chi connectivity index (χ1v) is 11.0. The molecular formula is C23H18ClF3N6O3. The normalized spacial score (nSPS) is 17.8. The van der Waals surface area contributed by atoms with Gasteiger partial charge in [0.05, 0.1) is 23.9 Å². The Hall–Kier alpha value is -3.95. The molecule has 9 nitrogen and oxygen atoms in total. The summed E-state index contributed by atoms with van der Waals surface area (Å²) >= 11 is 5.91. The molecule has 1 aromatic carbocycles. The second kappa shape index (κ2) is 9.96. The van der Waals surface area contributed by atoms with Gasteiger partial charge in [0.1, 0.15) is 5.75 Å². The molecule has 0 radical (unpaired) electrons. The van der Waals surface area contributed by atoms with E-state index < -0.39 is 35.1 Å². The largest absolute Gasteiger partial charge is 0.449 e. The van der Waals surface area contributed by atoms with Crippen LogP contribution < -0.4 is 21.1 Å². The Morgan fingerprint density at radius 3 is 2.69 bits per heavy atom. The second-order valence-electron chi connectivity index (χ2n) is 8.12. The number of hydrogen-bond donors (Lipinski definition) is 2. The molecule has 0 spiro atoms. The minimum Gasteiger partial charge on any atom is -0.449 e. The molecule has 3 aromatic rings. The number of nitrogens with zero attached hydrogens (tertiary/aromatic N) is 4. The molecule has 1 amide bonds. The average Bonchev–Trinajstić information content (AvgIpc) is 2.82. The van der Waals surface area contributed by atoms with Crippen molar-refractivity contribution >= 4 is 17.5 Å². The molecule has 36 heavy (non-hydrogen) atoms. The number of rotatable bonds is 5. The molecule has 1 aliphatic rings. The third-order valence-corrected chi connectivity index (χ3v) is 5.69. The highest BCUT2D eigenvalue weighted by Crippen LogP contribution is 2.35. The number of carbonyl (C=O) groups is 1. The van der Waals surface area contributed by atoms with Gasteiger partial charge in [0.15, 0.2) is 5.69 Å². The number of pyridine rings is 1. The molecule has 0 saturated carbocycles. The van der Waals surface area contributed by atoms with Crippen molar-refractivity contribution in [3.63, 3.8) is 0 Å². The SMILES string of the molecule is Cc1ccc(C2CC(Cn3cnc(C(F)(F)F)c(Oc4cc(Cl)cc(C#N)c4)c3=O)NNC2=O)cn1. The van der Waals surface area contributed by atoms with Crippen molar-refractivity contribution in [3.05, 3.63) is 80.7 Å². The predicted molar refractivity (Wildman–Crippen MR) is 121 cm³/mol. The minimum absolute atomic E-state index is 0.0362. The zero-order valence-electron chi connectivity index (χ0n) is 18.6. The fourth-order valence-electron chi connectivity index (χ4n) is 3.74. The van der Waals surface area contributed by atoms with Gasteiger partial charge >= 0.3 is 6.18 Å². The zero-order chi connectivity index (χ0) is 26.0. The molecule has 1 saturated heterocycles. The quantitative estimate of drug-likeness (QED) is 0.530. The highest BCUT2D eigenvalue weighted by atomic mass is 35.5. The van der Waals surface area contributed by atoms with Gasteiger partial charge in [-0.3, -0.25) is 24.6 Å². The number of aryl methyl sites for hydroxylation is 1.